The van der Waals surface area contributed by atoms with Crippen LogP contribution in [0, 0.1) is 5.92 Å². The molecule has 0 aliphatic heterocycles. The van der Waals surface area contributed by atoms with E-state index in [4.69, 9.17) is 0 Å². The van der Waals surface area contributed by atoms with Crippen LogP contribution in [0.25, 0.3) is 10.9 Å². The number of aryl methyl sites for hydroxylation is 1. The average Bonchev–Trinajstić information content (AvgIpc) is 3.11. The molecule has 0 saturated heterocycles. The molecule has 1 aliphatic carbocycles. The van der Waals surface area contributed by atoms with E-state index in [0.29, 0.717) is 11.5 Å². The molecule has 1 aliphatic rings. The Labute approximate surface area is 128 Å². The SMILES string of the molecule is Cn1ccc2c(C(=O)Nc3ccnn3CC3CC3)cccc21. The summed E-state index contributed by atoms with van der Waals surface area (Å²) in [6.45, 7) is 0.887. The Balaban J connectivity index is 1.62. The van der Waals surface area contributed by atoms with Gasteiger partial charge < -0.3 is 9.88 Å². The second kappa shape index (κ2) is 5.02. The zero-order chi connectivity index (χ0) is 15.1. The number of hydrogen-bond acceptors (Lipinski definition) is 2. The van der Waals surface area contributed by atoms with Gasteiger partial charge in [0, 0.05) is 42.3 Å². The summed E-state index contributed by atoms with van der Waals surface area (Å²) in [7, 11) is 1.98. The number of amides is 1. The molecule has 1 aromatic carbocycles. The van der Waals surface area contributed by atoms with Crippen molar-refractivity contribution in [3.05, 3.63) is 48.3 Å². The normalized spacial score (nSPS) is 14.4. The molecule has 2 aromatic heterocycles. The molecule has 1 saturated carbocycles. The quantitative estimate of drug-likeness (QED) is 0.804. The van der Waals surface area contributed by atoms with Crippen LogP contribution in [0.2, 0.25) is 0 Å². The Morgan fingerprint density at radius 3 is 3.00 bits per heavy atom. The molecule has 0 bridgehead atoms. The van der Waals surface area contributed by atoms with Crippen molar-refractivity contribution in [2.75, 3.05) is 5.32 Å². The Morgan fingerprint density at radius 2 is 2.18 bits per heavy atom. The van der Waals surface area contributed by atoms with Gasteiger partial charge in [-0.3, -0.25) is 4.79 Å². The average molecular weight is 294 g/mol. The molecule has 4 rings (SSSR count). The summed E-state index contributed by atoms with van der Waals surface area (Å²) in [5, 5.41) is 8.27. The summed E-state index contributed by atoms with van der Waals surface area (Å²) in [6.07, 6.45) is 6.23. The highest BCUT2D eigenvalue weighted by Gasteiger charge is 2.23. The zero-order valence-corrected chi connectivity index (χ0v) is 12.5. The number of benzene rings is 1. The van der Waals surface area contributed by atoms with Crippen LogP contribution in [-0.4, -0.2) is 20.3 Å². The van der Waals surface area contributed by atoms with Gasteiger partial charge in [-0.2, -0.15) is 5.10 Å². The Bertz CT molecular complexity index is 841. The molecule has 0 unspecified atom stereocenters. The Morgan fingerprint density at radius 1 is 1.32 bits per heavy atom. The molecular formula is C17H18N4O. The van der Waals surface area contributed by atoms with Gasteiger partial charge >= 0.3 is 0 Å². The monoisotopic (exact) mass is 294 g/mol. The van der Waals surface area contributed by atoms with Crippen LogP contribution < -0.4 is 5.32 Å². The first-order valence-corrected chi connectivity index (χ1v) is 7.59. The number of aromatic nitrogens is 3. The second-order valence-electron chi connectivity index (χ2n) is 5.96. The van der Waals surface area contributed by atoms with Gasteiger partial charge in [0.05, 0.1) is 6.20 Å². The van der Waals surface area contributed by atoms with E-state index in [0.717, 1.165) is 23.3 Å². The van der Waals surface area contributed by atoms with Crippen LogP contribution in [-0.2, 0) is 13.6 Å². The van der Waals surface area contributed by atoms with Gasteiger partial charge in [-0.05, 0) is 37.0 Å². The van der Waals surface area contributed by atoms with Crippen molar-refractivity contribution in [3.8, 4) is 0 Å². The van der Waals surface area contributed by atoms with Crippen LogP contribution in [0.15, 0.2) is 42.7 Å². The van der Waals surface area contributed by atoms with E-state index >= 15 is 0 Å². The molecule has 2 heterocycles. The van der Waals surface area contributed by atoms with Gasteiger partial charge in [0.25, 0.3) is 5.91 Å². The van der Waals surface area contributed by atoms with Crippen molar-refractivity contribution in [3.63, 3.8) is 0 Å². The van der Waals surface area contributed by atoms with E-state index < -0.39 is 0 Å². The number of nitrogens with one attached hydrogen (secondary N) is 1. The van der Waals surface area contributed by atoms with E-state index in [1.807, 2.05) is 52.8 Å². The van der Waals surface area contributed by atoms with Crippen molar-refractivity contribution >= 4 is 22.6 Å². The number of nitrogens with zero attached hydrogens (tertiary/aromatic N) is 3. The largest absolute Gasteiger partial charge is 0.351 e. The number of hydrogen-bond donors (Lipinski definition) is 1. The third-order valence-corrected chi connectivity index (χ3v) is 4.26. The first kappa shape index (κ1) is 13.1. The molecule has 5 nitrogen and oxygen atoms in total. The molecule has 112 valence electrons. The fourth-order valence-corrected chi connectivity index (χ4v) is 2.81. The lowest BCUT2D eigenvalue weighted by Gasteiger charge is -2.09. The van der Waals surface area contributed by atoms with E-state index in [9.17, 15) is 4.79 Å². The summed E-state index contributed by atoms with van der Waals surface area (Å²) in [5.74, 6) is 1.40. The molecule has 1 fully saturated rings. The Hall–Kier alpha value is -2.56. The molecule has 1 amide bonds. The number of carbonyl (C=O) groups is 1. The number of carbonyl (C=O) groups excluding carboxylic acids is 1. The molecule has 5 heteroatoms. The first-order valence-electron chi connectivity index (χ1n) is 7.59. The topological polar surface area (TPSA) is 51.9 Å². The first-order chi connectivity index (χ1) is 10.7. The highest BCUT2D eigenvalue weighted by Crippen LogP contribution is 2.31. The maximum atomic E-state index is 12.6. The van der Waals surface area contributed by atoms with E-state index in [2.05, 4.69) is 10.4 Å². The van der Waals surface area contributed by atoms with Crippen molar-refractivity contribution in [2.24, 2.45) is 13.0 Å². The zero-order valence-electron chi connectivity index (χ0n) is 12.5. The van der Waals surface area contributed by atoms with E-state index in [1.165, 1.54) is 12.8 Å². The molecule has 3 aromatic rings. The van der Waals surface area contributed by atoms with Crippen LogP contribution in [0.5, 0.6) is 0 Å². The van der Waals surface area contributed by atoms with Gasteiger partial charge in [-0.25, -0.2) is 4.68 Å². The lowest BCUT2D eigenvalue weighted by molar-refractivity contribution is 0.102. The number of anilines is 1. The summed E-state index contributed by atoms with van der Waals surface area (Å²) in [5.41, 5.74) is 1.75. The summed E-state index contributed by atoms with van der Waals surface area (Å²) in [6, 6.07) is 9.62. The van der Waals surface area contributed by atoms with Crippen molar-refractivity contribution in [1.29, 1.82) is 0 Å². The van der Waals surface area contributed by atoms with Gasteiger partial charge in [-0.15, -0.1) is 0 Å². The lowest BCUT2D eigenvalue weighted by atomic mass is 10.1. The third-order valence-electron chi connectivity index (χ3n) is 4.26. The van der Waals surface area contributed by atoms with Crippen LogP contribution in [0.1, 0.15) is 23.2 Å². The molecule has 22 heavy (non-hydrogen) atoms. The predicted octanol–water partition coefficient (Wildman–Crippen LogP) is 3.04. The van der Waals surface area contributed by atoms with E-state index in [1.54, 1.807) is 6.20 Å². The van der Waals surface area contributed by atoms with Crippen molar-refractivity contribution < 1.29 is 4.79 Å². The summed E-state index contributed by atoms with van der Waals surface area (Å²) < 4.78 is 3.91. The minimum Gasteiger partial charge on any atom is -0.351 e. The Kier molecular flexibility index (Phi) is 2.99. The minimum atomic E-state index is -0.0886. The third kappa shape index (κ3) is 2.28. The molecule has 0 atom stereocenters. The maximum Gasteiger partial charge on any atom is 0.257 e. The molecular weight excluding hydrogens is 276 g/mol. The lowest BCUT2D eigenvalue weighted by Crippen LogP contribution is -2.16. The van der Waals surface area contributed by atoms with Crippen LogP contribution >= 0.6 is 0 Å². The van der Waals surface area contributed by atoms with Gasteiger partial charge in [-0.1, -0.05) is 6.07 Å². The highest BCUT2D eigenvalue weighted by molar-refractivity contribution is 6.12. The van der Waals surface area contributed by atoms with Crippen molar-refractivity contribution in [1.82, 2.24) is 14.3 Å². The number of rotatable bonds is 4. The van der Waals surface area contributed by atoms with Gasteiger partial charge in [0.2, 0.25) is 0 Å². The second-order valence-corrected chi connectivity index (χ2v) is 5.96. The fraction of sp³-hybridized carbons (Fsp3) is 0.294. The number of fused-ring (bicyclic) bond motifs is 1. The summed E-state index contributed by atoms with van der Waals surface area (Å²) >= 11 is 0. The maximum absolute atomic E-state index is 12.6. The molecule has 0 spiro atoms. The van der Waals surface area contributed by atoms with Crippen LogP contribution in [0.3, 0.4) is 0 Å². The smallest absolute Gasteiger partial charge is 0.257 e. The van der Waals surface area contributed by atoms with E-state index in [-0.39, 0.29) is 5.91 Å². The van der Waals surface area contributed by atoms with Gasteiger partial charge in [0.1, 0.15) is 5.82 Å². The van der Waals surface area contributed by atoms with Crippen LogP contribution in [0.4, 0.5) is 5.82 Å². The molecule has 1 N–H and O–H groups in total. The highest BCUT2D eigenvalue weighted by atomic mass is 16.1. The standard InChI is InChI=1S/C17H18N4O/c1-20-10-8-13-14(3-2-4-15(13)20)17(22)19-16-7-9-18-21(16)11-12-5-6-12/h2-4,7-10,12H,5-6,11H2,1H3,(H,19,22). The molecule has 0 radical (unpaired) electrons. The summed E-state index contributed by atoms with van der Waals surface area (Å²) in [4.78, 5) is 12.6. The minimum absolute atomic E-state index is 0.0886. The predicted molar refractivity (Wildman–Crippen MR) is 85.8 cm³/mol. The van der Waals surface area contributed by atoms with Crippen molar-refractivity contribution in [2.45, 2.75) is 19.4 Å². The fourth-order valence-electron chi connectivity index (χ4n) is 2.81. The van der Waals surface area contributed by atoms with Gasteiger partial charge in [0.15, 0.2) is 0 Å².